The Bertz CT molecular complexity index is 196. The molecule has 1 rings (SSSR count). The monoisotopic (exact) mass is 229 g/mol. The Morgan fingerprint density at radius 3 is 2.93 bits per heavy atom. The van der Waals surface area contributed by atoms with Gasteiger partial charge in [0.15, 0.2) is 0 Å². The molecule has 0 radical (unpaired) electrons. The van der Waals surface area contributed by atoms with Gasteiger partial charge < -0.3 is 4.90 Å². The molecule has 0 saturated carbocycles. The third-order valence-electron chi connectivity index (χ3n) is 2.91. The fraction of sp³-hybridized carbons (Fsp3) is 0.917. The number of likely N-dealkylation sites (tertiary alicyclic amines) is 1. The molecule has 1 heterocycles. The lowest BCUT2D eigenvalue weighted by Crippen LogP contribution is -2.26. The first kappa shape index (κ1) is 12.9. The van der Waals surface area contributed by atoms with Crippen molar-refractivity contribution in [3.05, 3.63) is 0 Å². The molecule has 1 fully saturated rings. The Morgan fingerprint density at radius 2 is 2.27 bits per heavy atom. The standard InChI is InChI=1S/C12H23NOS/c1-3-6-11-9-12(14)13(10-11)7-5-8-15-4-2/h11H,3-10H2,1-2H3. The van der Waals surface area contributed by atoms with E-state index in [0.717, 1.165) is 25.9 Å². The molecule has 1 aliphatic rings. The quantitative estimate of drug-likeness (QED) is 0.626. The molecule has 0 aromatic rings. The second kappa shape index (κ2) is 7.15. The van der Waals surface area contributed by atoms with E-state index in [4.69, 9.17) is 0 Å². The molecule has 0 spiro atoms. The van der Waals surface area contributed by atoms with Crippen LogP contribution in [0.2, 0.25) is 0 Å². The summed E-state index contributed by atoms with van der Waals surface area (Å²) >= 11 is 1.97. The largest absolute Gasteiger partial charge is 0.342 e. The number of amides is 1. The van der Waals surface area contributed by atoms with Gasteiger partial charge in [-0.1, -0.05) is 20.3 Å². The van der Waals surface area contributed by atoms with Gasteiger partial charge in [0.2, 0.25) is 5.91 Å². The van der Waals surface area contributed by atoms with Crippen molar-refractivity contribution in [1.82, 2.24) is 4.90 Å². The normalized spacial score (nSPS) is 21.3. The summed E-state index contributed by atoms with van der Waals surface area (Å²) in [5, 5.41) is 0. The minimum Gasteiger partial charge on any atom is -0.342 e. The van der Waals surface area contributed by atoms with Gasteiger partial charge in [-0.2, -0.15) is 11.8 Å². The molecular weight excluding hydrogens is 206 g/mol. The highest BCUT2D eigenvalue weighted by Crippen LogP contribution is 2.22. The van der Waals surface area contributed by atoms with Crippen LogP contribution in [0.25, 0.3) is 0 Å². The molecule has 1 saturated heterocycles. The number of hydrogen-bond donors (Lipinski definition) is 0. The number of rotatable bonds is 7. The van der Waals surface area contributed by atoms with Crippen molar-refractivity contribution in [2.45, 2.75) is 39.5 Å². The van der Waals surface area contributed by atoms with Crippen molar-refractivity contribution < 1.29 is 4.79 Å². The van der Waals surface area contributed by atoms with Crippen LogP contribution in [0.5, 0.6) is 0 Å². The molecular formula is C12H23NOS. The topological polar surface area (TPSA) is 20.3 Å². The molecule has 0 N–H and O–H groups in total. The highest BCUT2D eigenvalue weighted by molar-refractivity contribution is 7.99. The molecule has 0 aromatic heterocycles. The van der Waals surface area contributed by atoms with E-state index >= 15 is 0 Å². The minimum absolute atomic E-state index is 0.384. The third kappa shape index (κ3) is 4.45. The first-order valence-electron chi connectivity index (χ1n) is 6.13. The third-order valence-corrected chi connectivity index (χ3v) is 3.90. The average molecular weight is 229 g/mol. The molecule has 0 aliphatic carbocycles. The fourth-order valence-corrected chi connectivity index (χ4v) is 2.80. The van der Waals surface area contributed by atoms with Gasteiger partial charge in [-0.05, 0) is 30.3 Å². The molecule has 0 aromatic carbocycles. The Balaban J connectivity index is 2.16. The van der Waals surface area contributed by atoms with Crippen LogP contribution in [0, 0.1) is 5.92 Å². The van der Waals surface area contributed by atoms with Gasteiger partial charge in [0.05, 0.1) is 0 Å². The SMILES string of the molecule is CCCC1CC(=O)N(CCCSCC)C1. The summed E-state index contributed by atoms with van der Waals surface area (Å²) in [6.45, 7) is 6.38. The first-order chi connectivity index (χ1) is 7.27. The van der Waals surface area contributed by atoms with Crippen LogP contribution in [0.3, 0.4) is 0 Å². The van der Waals surface area contributed by atoms with E-state index in [1.165, 1.54) is 24.3 Å². The molecule has 1 aliphatic heterocycles. The number of nitrogens with zero attached hydrogens (tertiary/aromatic N) is 1. The lowest BCUT2D eigenvalue weighted by Gasteiger charge is -2.16. The van der Waals surface area contributed by atoms with Crippen molar-refractivity contribution >= 4 is 17.7 Å². The van der Waals surface area contributed by atoms with Crippen molar-refractivity contribution in [2.24, 2.45) is 5.92 Å². The average Bonchev–Trinajstić information content (AvgIpc) is 2.55. The summed E-state index contributed by atoms with van der Waals surface area (Å²) in [6, 6.07) is 0. The van der Waals surface area contributed by atoms with Crippen LogP contribution in [-0.2, 0) is 4.79 Å². The van der Waals surface area contributed by atoms with Gasteiger partial charge in [0.1, 0.15) is 0 Å². The molecule has 1 unspecified atom stereocenters. The zero-order valence-electron chi connectivity index (χ0n) is 10.00. The summed E-state index contributed by atoms with van der Waals surface area (Å²) < 4.78 is 0. The second-order valence-electron chi connectivity index (χ2n) is 4.25. The number of carbonyl (C=O) groups excluding carboxylic acids is 1. The summed E-state index contributed by atoms with van der Waals surface area (Å²) in [6.07, 6.45) is 4.38. The van der Waals surface area contributed by atoms with E-state index in [2.05, 4.69) is 18.7 Å². The molecule has 88 valence electrons. The summed E-state index contributed by atoms with van der Waals surface area (Å²) in [4.78, 5) is 13.7. The molecule has 3 heteroatoms. The first-order valence-corrected chi connectivity index (χ1v) is 7.28. The highest BCUT2D eigenvalue weighted by atomic mass is 32.2. The van der Waals surface area contributed by atoms with Crippen LogP contribution < -0.4 is 0 Å². The van der Waals surface area contributed by atoms with Crippen molar-refractivity contribution in [3.8, 4) is 0 Å². The van der Waals surface area contributed by atoms with Crippen molar-refractivity contribution in [2.75, 3.05) is 24.6 Å². The molecule has 1 amide bonds. The van der Waals surface area contributed by atoms with Crippen molar-refractivity contribution in [1.29, 1.82) is 0 Å². The van der Waals surface area contributed by atoms with Gasteiger partial charge in [0, 0.05) is 19.5 Å². The highest BCUT2D eigenvalue weighted by Gasteiger charge is 2.27. The van der Waals surface area contributed by atoms with Crippen LogP contribution in [0.1, 0.15) is 39.5 Å². The van der Waals surface area contributed by atoms with Gasteiger partial charge in [-0.25, -0.2) is 0 Å². The second-order valence-corrected chi connectivity index (χ2v) is 5.64. The van der Waals surface area contributed by atoms with Gasteiger partial charge in [0.25, 0.3) is 0 Å². The van der Waals surface area contributed by atoms with E-state index in [1.54, 1.807) is 0 Å². The Kier molecular flexibility index (Phi) is 6.15. The Labute approximate surface area is 97.8 Å². The Hall–Kier alpha value is -0.180. The lowest BCUT2D eigenvalue weighted by molar-refractivity contribution is -0.127. The maximum atomic E-state index is 11.6. The summed E-state index contributed by atoms with van der Waals surface area (Å²) in [5.74, 6) is 3.40. The van der Waals surface area contributed by atoms with E-state index in [0.29, 0.717) is 11.8 Å². The minimum atomic E-state index is 0.384. The van der Waals surface area contributed by atoms with Gasteiger partial charge in [-0.15, -0.1) is 0 Å². The van der Waals surface area contributed by atoms with E-state index in [1.807, 2.05) is 11.8 Å². The van der Waals surface area contributed by atoms with E-state index in [-0.39, 0.29) is 0 Å². The molecule has 1 atom stereocenters. The summed E-state index contributed by atoms with van der Waals surface area (Å²) in [7, 11) is 0. The summed E-state index contributed by atoms with van der Waals surface area (Å²) in [5.41, 5.74) is 0. The molecule has 15 heavy (non-hydrogen) atoms. The number of thioether (sulfide) groups is 1. The van der Waals surface area contributed by atoms with E-state index < -0.39 is 0 Å². The van der Waals surface area contributed by atoms with Crippen LogP contribution in [-0.4, -0.2) is 35.4 Å². The zero-order chi connectivity index (χ0) is 11.1. The van der Waals surface area contributed by atoms with Crippen molar-refractivity contribution in [3.63, 3.8) is 0 Å². The maximum absolute atomic E-state index is 11.6. The molecule has 2 nitrogen and oxygen atoms in total. The molecule has 0 bridgehead atoms. The van der Waals surface area contributed by atoms with E-state index in [9.17, 15) is 4.79 Å². The van der Waals surface area contributed by atoms with Crippen LogP contribution in [0.15, 0.2) is 0 Å². The van der Waals surface area contributed by atoms with Crippen LogP contribution >= 0.6 is 11.8 Å². The maximum Gasteiger partial charge on any atom is 0.222 e. The van der Waals surface area contributed by atoms with Crippen LogP contribution in [0.4, 0.5) is 0 Å². The fourth-order valence-electron chi connectivity index (χ4n) is 2.17. The predicted molar refractivity (Wildman–Crippen MR) is 67.2 cm³/mol. The Morgan fingerprint density at radius 1 is 1.47 bits per heavy atom. The number of hydrogen-bond acceptors (Lipinski definition) is 2. The smallest absolute Gasteiger partial charge is 0.222 e. The predicted octanol–water partition coefficient (Wildman–Crippen LogP) is 2.78. The number of carbonyl (C=O) groups is 1. The lowest BCUT2D eigenvalue weighted by atomic mass is 10.0. The zero-order valence-corrected chi connectivity index (χ0v) is 10.8. The van der Waals surface area contributed by atoms with Gasteiger partial charge >= 0.3 is 0 Å². The van der Waals surface area contributed by atoms with Gasteiger partial charge in [-0.3, -0.25) is 4.79 Å².